The van der Waals surface area contributed by atoms with Gasteiger partial charge in [0.15, 0.2) is 0 Å². The number of thiazole rings is 1. The Bertz CT molecular complexity index is 547. The van der Waals surface area contributed by atoms with Crippen LogP contribution in [0.4, 0.5) is 0 Å². The lowest BCUT2D eigenvalue weighted by atomic mass is 10.0. The van der Waals surface area contributed by atoms with E-state index in [2.05, 4.69) is 41.9 Å². The first-order chi connectivity index (χ1) is 8.79. The molecule has 0 aliphatic heterocycles. The zero-order valence-electron chi connectivity index (χ0n) is 10.8. The summed E-state index contributed by atoms with van der Waals surface area (Å²) in [5.41, 5.74) is 4.15. The molecule has 0 amide bonds. The van der Waals surface area contributed by atoms with Crippen molar-refractivity contribution in [2.45, 2.75) is 31.7 Å². The van der Waals surface area contributed by atoms with E-state index in [1.54, 1.807) is 11.3 Å². The average molecular weight is 258 g/mol. The van der Waals surface area contributed by atoms with Crippen LogP contribution in [0.15, 0.2) is 29.6 Å². The number of hydrogen-bond acceptors (Lipinski definition) is 3. The Kier molecular flexibility index (Phi) is 3.18. The smallest absolute Gasteiger partial charge is 0.100 e. The van der Waals surface area contributed by atoms with Gasteiger partial charge < -0.3 is 5.32 Å². The fourth-order valence-electron chi connectivity index (χ4n) is 2.62. The quantitative estimate of drug-likeness (QED) is 0.911. The molecule has 0 fully saturated rings. The predicted octanol–water partition coefficient (Wildman–Crippen LogP) is 3.50. The minimum absolute atomic E-state index is 0.339. The Morgan fingerprint density at radius 2 is 2.22 bits per heavy atom. The first kappa shape index (κ1) is 11.9. The van der Waals surface area contributed by atoms with E-state index in [1.165, 1.54) is 34.7 Å². The van der Waals surface area contributed by atoms with Gasteiger partial charge in [0.2, 0.25) is 0 Å². The van der Waals surface area contributed by atoms with Crippen molar-refractivity contribution in [3.8, 4) is 0 Å². The highest BCUT2D eigenvalue weighted by molar-refractivity contribution is 7.09. The molecule has 2 nitrogen and oxygen atoms in total. The maximum Gasteiger partial charge on any atom is 0.100 e. The molecule has 0 radical (unpaired) electrons. The third-order valence-electron chi connectivity index (χ3n) is 3.85. The minimum Gasteiger partial charge on any atom is -0.312 e. The number of nitrogens with zero attached hydrogens (tertiary/aromatic N) is 1. The second-order valence-corrected chi connectivity index (χ2v) is 5.80. The summed E-state index contributed by atoms with van der Waals surface area (Å²) in [6, 6.07) is 9.13. The largest absolute Gasteiger partial charge is 0.312 e. The van der Waals surface area contributed by atoms with E-state index in [1.807, 2.05) is 7.05 Å². The topological polar surface area (TPSA) is 24.9 Å². The van der Waals surface area contributed by atoms with Crippen LogP contribution in [0.1, 0.15) is 47.1 Å². The van der Waals surface area contributed by atoms with Gasteiger partial charge >= 0.3 is 0 Å². The fraction of sp³-hybridized carbons (Fsp3) is 0.400. The highest BCUT2D eigenvalue weighted by Gasteiger charge is 2.26. The van der Waals surface area contributed by atoms with E-state index in [9.17, 15) is 0 Å². The highest BCUT2D eigenvalue weighted by atomic mass is 32.1. The lowest BCUT2D eigenvalue weighted by Gasteiger charge is -2.09. The van der Waals surface area contributed by atoms with Crippen LogP contribution in [0.5, 0.6) is 0 Å². The van der Waals surface area contributed by atoms with E-state index in [0.717, 1.165) is 0 Å². The zero-order chi connectivity index (χ0) is 12.5. The van der Waals surface area contributed by atoms with E-state index in [0.29, 0.717) is 12.0 Å². The number of aryl methyl sites for hydroxylation is 1. The van der Waals surface area contributed by atoms with Crippen molar-refractivity contribution in [3.63, 3.8) is 0 Å². The van der Waals surface area contributed by atoms with Crippen molar-refractivity contribution < 1.29 is 0 Å². The average Bonchev–Trinajstić information content (AvgIpc) is 3.03. The maximum atomic E-state index is 4.82. The van der Waals surface area contributed by atoms with Gasteiger partial charge in [-0.3, -0.25) is 0 Å². The standard InChI is InChI=1S/C15H18N2S/c1-10(16-2)14-9-18-15(17-14)13-8-7-11-5-3-4-6-12(11)13/h3-6,9-10,13,16H,7-8H2,1-2H3. The Balaban J connectivity index is 1.91. The zero-order valence-corrected chi connectivity index (χ0v) is 11.6. The Hall–Kier alpha value is -1.19. The second kappa shape index (κ2) is 4.82. The summed E-state index contributed by atoms with van der Waals surface area (Å²) in [5.74, 6) is 0.518. The van der Waals surface area contributed by atoms with Crippen LogP contribution in [0, 0.1) is 0 Å². The molecule has 1 aliphatic carbocycles. The lowest BCUT2D eigenvalue weighted by molar-refractivity contribution is 0.631. The summed E-state index contributed by atoms with van der Waals surface area (Å²) in [7, 11) is 1.98. The number of fused-ring (bicyclic) bond motifs is 1. The SMILES string of the molecule is CNC(C)c1csc(C2CCc3ccccc32)n1. The van der Waals surface area contributed by atoms with E-state index in [4.69, 9.17) is 4.98 Å². The maximum absolute atomic E-state index is 4.82. The molecule has 18 heavy (non-hydrogen) atoms. The van der Waals surface area contributed by atoms with Crippen LogP contribution in [0.25, 0.3) is 0 Å². The molecule has 0 saturated carbocycles. The van der Waals surface area contributed by atoms with Gasteiger partial charge in [-0.05, 0) is 37.9 Å². The normalized spacial score (nSPS) is 19.8. The number of aromatic nitrogens is 1. The summed E-state index contributed by atoms with van der Waals surface area (Å²) in [6.07, 6.45) is 2.40. The molecule has 3 rings (SSSR count). The minimum atomic E-state index is 0.339. The van der Waals surface area contributed by atoms with Crippen LogP contribution in [-0.2, 0) is 6.42 Å². The van der Waals surface area contributed by atoms with Crippen molar-refractivity contribution in [2.24, 2.45) is 0 Å². The summed E-state index contributed by atoms with van der Waals surface area (Å²) >= 11 is 1.80. The molecule has 0 saturated heterocycles. The monoisotopic (exact) mass is 258 g/mol. The van der Waals surface area contributed by atoms with Crippen molar-refractivity contribution in [1.29, 1.82) is 0 Å². The molecule has 94 valence electrons. The summed E-state index contributed by atoms with van der Waals surface area (Å²) in [6.45, 7) is 2.15. The molecule has 1 aliphatic rings. The van der Waals surface area contributed by atoms with Gasteiger partial charge in [-0.2, -0.15) is 0 Å². The van der Waals surface area contributed by atoms with Gasteiger partial charge in [0, 0.05) is 17.3 Å². The van der Waals surface area contributed by atoms with Crippen molar-refractivity contribution >= 4 is 11.3 Å². The molecule has 0 bridgehead atoms. The second-order valence-electron chi connectivity index (χ2n) is 4.91. The molecule has 0 spiro atoms. The first-order valence-corrected chi connectivity index (χ1v) is 7.38. The molecule has 2 unspecified atom stereocenters. The van der Waals surface area contributed by atoms with Gasteiger partial charge in [0.1, 0.15) is 5.01 Å². The third kappa shape index (κ3) is 1.98. The number of rotatable bonds is 3. The van der Waals surface area contributed by atoms with Gasteiger partial charge in [-0.15, -0.1) is 11.3 Å². The van der Waals surface area contributed by atoms with Crippen LogP contribution in [0.3, 0.4) is 0 Å². The van der Waals surface area contributed by atoms with Crippen LogP contribution >= 0.6 is 11.3 Å². The fourth-order valence-corrected chi connectivity index (χ4v) is 3.69. The van der Waals surface area contributed by atoms with Crippen molar-refractivity contribution in [2.75, 3.05) is 7.05 Å². The van der Waals surface area contributed by atoms with Crippen molar-refractivity contribution in [3.05, 3.63) is 51.5 Å². The molecule has 2 atom stereocenters. The molecular formula is C15H18N2S. The Morgan fingerprint density at radius 3 is 3.06 bits per heavy atom. The lowest BCUT2D eigenvalue weighted by Crippen LogP contribution is -2.12. The predicted molar refractivity (Wildman–Crippen MR) is 76.2 cm³/mol. The van der Waals surface area contributed by atoms with E-state index < -0.39 is 0 Å². The Morgan fingerprint density at radius 1 is 1.39 bits per heavy atom. The molecule has 2 aromatic rings. The van der Waals surface area contributed by atoms with Gasteiger partial charge in [0.25, 0.3) is 0 Å². The molecule has 1 N–H and O–H groups in total. The summed E-state index contributed by atoms with van der Waals surface area (Å²) in [5, 5.41) is 6.72. The highest BCUT2D eigenvalue weighted by Crippen LogP contribution is 2.39. The summed E-state index contributed by atoms with van der Waals surface area (Å²) in [4.78, 5) is 4.82. The van der Waals surface area contributed by atoms with Crippen molar-refractivity contribution in [1.82, 2.24) is 10.3 Å². The van der Waals surface area contributed by atoms with Crippen LogP contribution in [0.2, 0.25) is 0 Å². The number of hydrogen-bond donors (Lipinski definition) is 1. The number of benzene rings is 1. The molecule has 1 heterocycles. The van der Waals surface area contributed by atoms with Gasteiger partial charge in [-0.25, -0.2) is 4.98 Å². The molecule has 1 aromatic carbocycles. The van der Waals surface area contributed by atoms with Gasteiger partial charge in [-0.1, -0.05) is 24.3 Å². The third-order valence-corrected chi connectivity index (χ3v) is 4.82. The van der Waals surface area contributed by atoms with Crippen LogP contribution in [-0.4, -0.2) is 12.0 Å². The first-order valence-electron chi connectivity index (χ1n) is 6.50. The van der Waals surface area contributed by atoms with Gasteiger partial charge in [0.05, 0.1) is 5.69 Å². The molecule has 3 heteroatoms. The molecule has 1 aromatic heterocycles. The summed E-state index contributed by atoms with van der Waals surface area (Å²) < 4.78 is 0. The van der Waals surface area contributed by atoms with E-state index in [-0.39, 0.29) is 0 Å². The van der Waals surface area contributed by atoms with E-state index >= 15 is 0 Å². The van der Waals surface area contributed by atoms with Crippen LogP contribution < -0.4 is 5.32 Å². The number of nitrogens with one attached hydrogen (secondary N) is 1. The Labute approximate surface area is 112 Å². The molecular weight excluding hydrogens is 240 g/mol.